The van der Waals surface area contributed by atoms with Gasteiger partial charge in [-0.1, -0.05) is 0 Å². The third kappa shape index (κ3) is 1.78. The van der Waals surface area contributed by atoms with Gasteiger partial charge in [0.05, 0.1) is 13.7 Å². The topological polar surface area (TPSA) is 52.0 Å². The molecule has 1 aliphatic rings. The summed E-state index contributed by atoms with van der Waals surface area (Å²) in [6, 6.07) is 7.91. The maximum atomic E-state index is 5.15. The van der Waals surface area contributed by atoms with Crippen molar-refractivity contribution in [3.05, 3.63) is 30.1 Å². The van der Waals surface area contributed by atoms with E-state index < -0.39 is 0 Å². The fourth-order valence-electron chi connectivity index (χ4n) is 2.05. The summed E-state index contributed by atoms with van der Waals surface area (Å²) >= 11 is 0. The first-order valence-corrected chi connectivity index (χ1v) is 5.66. The molecule has 5 nitrogen and oxygen atoms in total. The zero-order valence-electron chi connectivity index (χ0n) is 9.68. The molecule has 0 saturated carbocycles. The van der Waals surface area contributed by atoms with E-state index in [1.165, 1.54) is 0 Å². The molecule has 1 N–H and O–H groups in total. The zero-order valence-corrected chi connectivity index (χ0v) is 9.68. The van der Waals surface area contributed by atoms with Crippen molar-refractivity contribution in [2.24, 2.45) is 0 Å². The highest BCUT2D eigenvalue weighted by Gasteiger charge is 2.16. The van der Waals surface area contributed by atoms with Crippen LogP contribution in [0.5, 0.6) is 5.75 Å². The molecule has 0 radical (unpaired) electrons. The predicted molar refractivity (Wildman–Crippen MR) is 63.7 cm³/mol. The Bertz CT molecular complexity index is 518. The van der Waals surface area contributed by atoms with Crippen LogP contribution in [0.3, 0.4) is 0 Å². The van der Waals surface area contributed by atoms with Gasteiger partial charge in [0, 0.05) is 18.7 Å². The lowest BCUT2D eigenvalue weighted by Crippen LogP contribution is -2.28. The highest BCUT2D eigenvalue weighted by atomic mass is 16.5. The smallest absolute Gasteiger partial charge is 0.164 e. The number of hydrogen-bond donors (Lipinski definition) is 1. The Morgan fingerprint density at radius 2 is 2.06 bits per heavy atom. The van der Waals surface area contributed by atoms with Crippen LogP contribution in [0.25, 0.3) is 11.4 Å². The van der Waals surface area contributed by atoms with E-state index in [0.717, 1.165) is 42.6 Å². The van der Waals surface area contributed by atoms with Gasteiger partial charge in [-0.25, -0.2) is 0 Å². The Kier molecular flexibility index (Phi) is 2.53. The number of fused-ring (bicyclic) bond motifs is 1. The summed E-state index contributed by atoms with van der Waals surface area (Å²) in [5.74, 6) is 2.79. The SMILES string of the molecule is COc1ccc(-c2nnc3n2CCNC3)cc1. The summed E-state index contributed by atoms with van der Waals surface area (Å²) < 4.78 is 7.31. The molecule has 0 fully saturated rings. The molecule has 3 rings (SSSR count). The molecule has 0 spiro atoms. The van der Waals surface area contributed by atoms with Gasteiger partial charge in [-0.05, 0) is 24.3 Å². The van der Waals surface area contributed by atoms with Crippen molar-refractivity contribution in [3.8, 4) is 17.1 Å². The quantitative estimate of drug-likeness (QED) is 0.838. The monoisotopic (exact) mass is 230 g/mol. The maximum Gasteiger partial charge on any atom is 0.164 e. The molecule has 1 aromatic heterocycles. The summed E-state index contributed by atoms with van der Waals surface area (Å²) in [5.41, 5.74) is 1.08. The van der Waals surface area contributed by atoms with Crippen LogP contribution in [0, 0.1) is 0 Å². The number of hydrogen-bond acceptors (Lipinski definition) is 4. The van der Waals surface area contributed by atoms with E-state index in [9.17, 15) is 0 Å². The van der Waals surface area contributed by atoms with Crippen LogP contribution in [0.1, 0.15) is 5.82 Å². The van der Waals surface area contributed by atoms with E-state index in [1.54, 1.807) is 7.11 Å². The summed E-state index contributed by atoms with van der Waals surface area (Å²) in [6.45, 7) is 2.68. The van der Waals surface area contributed by atoms with Crippen LogP contribution >= 0.6 is 0 Å². The largest absolute Gasteiger partial charge is 0.497 e. The second-order valence-electron chi connectivity index (χ2n) is 4.00. The zero-order chi connectivity index (χ0) is 11.7. The van der Waals surface area contributed by atoms with Gasteiger partial charge >= 0.3 is 0 Å². The Labute approximate surface area is 99.4 Å². The molecule has 2 heterocycles. The number of rotatable bonds is 2. The fourth-order valence-corrected chi connectivity index (χ4v) is 2.05. The second kappa shape index (κ2) is 4.18. The molecule has 88 valence electrons. The van der Waals surface area contributed by atoms with Crippen LogP contribution in [-0.2, 0) is 13.1 Å². The van der Waals surface area contributed by atoms with E-state index in [2.05, 4.69) is 20.1 Å². The molecule has 0 bridgehead atoms. The van der Waals surface area contributed by atoms with Gasteiger partial charge in [-0.3, -0.25) is 0 Å². The molecule has 0 amide bonds. The van der Waals surface area contributed by atoms with Gasteiger partial charge in [0.1, 0.15) is 11.6 Å². The van der Waals surface area contributed by atoms with Crippen molar-refractivity contribution in [2.75, 3.05) is 13.7 Å². The van der Waals surface area contributed by atoms with Crippen LogP contribution in [-0.4, -0.2) is 28.4 Å². The number of methoxy groups -OCH3 is 1. The first kappa shape index (κ1) is 10.3. The van der Waals surface area contributed by atoms with Crippen molar-refractivity contribution in [1.29, 1.82) is 0 Å². The lowest BCUT2D eigenvalue weighted by Gasteiger charge is -2.16. The highest BCUT2D eigenvalue weighted by Crippen LogP contribution is 2.22. The average Bonchev–Trinajstić information content (AvgIpc) is 2.83. The number of benzene rings is 1. The molecule has 1 aromatic carbocycles. The molecular weight excluding hydrogens is 216 g/mol. The molecule has 0 atom stereocenters. The summed E-state index contributed by atoms with van der Waals surface area (Å²) in [4.78, 5) is 0. The van der Waals surface area contributed by atoms with Crippen LogP contribution in [0.4, 0.5) is 0 Å². The molecule has 0 aliphatic carbocycles. The van der Waals surface area contributed by atoms with Gasteiger partial charge < -0.3 is 14.6 Å². The summed E-state index contributed by atoms with van der Waals surface area (Å²) in [5, 5.41) is 11.7. The third-order valence-corrected chi connectivity index (χ3v) is 2.97. The molecule has 0 saturated heterocycles. The fraction of sp³-hybridized carbons (Fsp3) is 0.333. The highest BCUT2D eigenvalue weighted by molar-refractivity contribution is 5.56. The maximum absolute atomic E-state index is 5.15. The third-order valence-electron chi connectivity index (χ3n) is 2.97. The summed E-state index contributed by atoms with van der Waals surface area (Å²) in [7, 11) is 1.67. The minimum absolute atomic E-state index is 0.795. The number of nitrogens with one attached hydrogen (secondary N) is 1. The minimum atomic E-state index is 0.795. The van der Waals surface area contributed by atoms with Crippen molar-refractivity contribution >= 4 is 0 Å². The number of ether oxygens (including phenoxy) is 1. The Morgan fingerprint density at radius 3 is 2.82 bits per heavy atom. The minimum Gasteiger partial charge on any atom is -0.497 e. The van der Waals surface area contributed by atoms with Crippen LogP contribution < -0.4 is 10.1 Å². The molecular formula is C12H14N4O. The van der Waals surface area contributed by atoms with Crippen molar-refractivity contribution in [3.63, 3.8) is 0 Å². The number of aromatic nitrogens is 3. The first-order valence-electron chi connectivity index (χ1n) is 5.66. The number of nitrogens with zero attached hydrogens (tertiary/aromatic N) is 3. The van der Waals surface area contributed by atoms with E-state index >= 15 is 0 Å². The first-order chi connectivity index (χ1) is 8.38. The van der Waals surface area contributed by atoms with Crippen LogP contribution in [0.15, 0.2) is 24.3 Å². The standard InChI is InChI=1S/C12H14N4O/c1-17-10-4-2-9(3-5-10)12-15-14-11-8-13-6-7-16(11)12/h2-5,13H,6-8H2,1H3. The van der Waals surface area contributed by atoms with Gasteiger partial charge in [0.15, 0.2) is 5.82 Å². The Balaban J connectivity index is 2.00. The Morgan fingerprint density at radius 1 is 1.24 bits per heavy atom. The molecule has 2 aromatic rings. The summed E-state index contributed by atoms with van der Waals surface area (Å²) in [6.07, 6.45) is 0. The second-order valence-corrected chi connectivity index (χ2v) is 4.00. The average molecular weight is 230 g/mol. The van der Waals surface area contributed by atoms with E-state index in [-0.39, 0.29) is 0 Å². The molecule has 17 heavy (non-hydrogen) atoms. The predicted octanol–water partition coefficient (Wildman–Crippen LogP) is 1.06. The molecule has 1 aliphatic heterocycles. The van der Waals surface area contributed by atoms with E-state index in [0.29, 0.717) is 0 Å². The van der Waals surface area contributed by atoms with Crippen molar-refractivity contribution in [2.45, 2.75) is 13.1 Å². The lowest BCUT2D eigenvalue weighted by atomic mass is 10.2. The molecule has 5 heteroatoms. The van der Waals surface area contributed by atoms with Crippen molar-refractivity contribution < 1.29 is 4.74 Å². The van der Waals surface area contributed by atoms with Crippen molar-refractivity contribution in [1.82, 2.24) is 20.1 Å². The van der Waals surface area contributed by atoms with Crippen LogP contribution in [0.2, 0.25) is 0 Å². The van der Waals surface area contributed by atoms with Gasteiger partial charge in [0.2, 0.25) is 0 Å². The Hall–Kier alpha value is -1.88. The molecule has 0 unspecified atom stereocenters. The van der Waals surface area contributed by atoms with Gasteiger partial charge in [0.25, 0.3) is 0 Å². The van der Waals surface area contributed by atoms with Gasteiger partial charge in [-0.2, -0.15) is 0 Å². The van der Waals surface area contributed by atoms with Gasteiger partial charge in [-0.15, -0.1) is 10.2 Å². The lowest BCUT2D eigenvalue weighted by molar-refractivity contribution is 0.415. The van der Waals surface area contributed by atoms with E-state index in [1.807, 2.05) is 24.3 Å². The van der Waals surface area contributed by atoms with E-state index in [4.69, 9.17) is 4.74 Å². The normalized spacial score (nSPS) is 14.4.